The van der Waals surface area contributed by atoms with E-state index in [1.54, 1.807) is 0 Å². The summed E-state index contributed by atoms with van der Waals surface area (Å²) in [5.41, 5.74) is 0.401. The Balaban J connectivity index is 1.85. The molecule has 2 fully saturated rings. The van der Waals surface area contributed by atoms with Gasteiger partial charge in [0.15, 0.2) is 0 Å². The minimum absolute atomic E-state index is 0.401. The molecule has 1 heterocycles. The molecule has 0 spiro atoms. The topological polar surface area (TPSA) is 15.3 Å². The fourth-order valence-electron chi connectivity index (χ4n) is 4.01. The molecule has 0 bridgehead atoms. The van der Waals surface area contributed by atoms with Crippen molar-refractivity contribution in [2.75, 3.05) is 26.2 Å². The lowest BCUT2D eigenvalue weighted by Crippen LogP contribution is -2.60. The van der Waals surface area contributed by atoms with E-state index in [0.717, 1.165) is 11.8 Å². The molecule has 1 N–H and O–H groups in total. The Morgan fingerprint density at radius 2 is 2.00 bits per heavy atom. The zero-order chi connectivity index (χ0) is 13.0. The van der Waals surface area contributed by atoms with E-state index in [4.69, 9.17) is 0 Å². The van der Waals surface area contributed by atoms with Crippen LogP contribution in [0.25, 0.3) is 0 Å². The molecule has 2 aliphatic rings. The highest BCUT2D eigenvalue weighted by Crippen LogP contribution is 2.30. The smallest absolute Gasteiger partial charge is 0.0304 e. The molecule has 106 valence electrons. The van der Waals surface area contributed by atoms with Gasteiger partial charge in [-0.2, -0.15) is 0 Å². The summed E-state index contributed by atoms with van der Waals surface area (Å²) in [6, 6.07) is 0. The highest BCUT2D eigenvalue weighted by molar-refractivity contribution is 4.93. The highest BCUT2D eigenvalue weighted by Gasteiger charge is 2.32. The van der Waals surface area contributed by atoms with E-state index in [2.05, 4.69) is 31.0 Å². The van der Waals surface area contributed by atoms with Crippen molar-refractivity contribution >= 4 is 0 Å². The van der Waals surface area contributed by atoms with Crippen molar-refractivity contribution in [3.8, 4) is 0 Å². The average molecular weight is 252 g/mol. The Morgan fingerprint density at radius 3 is 2.67 bits per heavy atom. The second kappa shape index (κ2) is 6.38. The van der Waals surface area contributed by atoms with Gasteiger partial charge in [0.25, 0.3) is 0 Å². The Bertz CT molecular complexity index is 247. The summed E-state index contributed by atoms with van der Waals surface area (Å²) < 4.78 is 0. The van der Waals surface area contributed by atoms with E-state index in [9.17, 15) is 0 Å². The summed E-state index contributed by atoms with van der Waals surface area (Å²) in [5.74, 6) is 1.94. The first kappa shape index (κ1) is 14.3. The third-order valence-corrected chi connectivity index (χ3v) is 5.37. The summed E-state index contributed by atoms with van der Waals surface area (Å²) in [4.78, 5) is 2.74. The SMILES string of the molecule is CCC1(CC)CN(CC2CCCC(C)C2)CCN1. The van der Waals surface area contributed by atoms with Gasteiger partial charge in [0.1, 0.15) is 0 Å². The predicted molar refractivity (Wildman–Crippen MR) is 78.9 cm³/mol. The van der Waals surface area contributed by atoms with Crippen LogP contribution in [-0.2, 0) is 0 Å². The lowest BCUT2D eigenvalue weighted by molar-refractivity contribution is 0.0949. The number of hydrogen-bond acceptors (Lipinski definition) is 2. The Hall–Kier alpha value is -0.0800. The summed E-state index contributed by atoms with van der Waals surface area (Å²) in [6.45, 7) is 12.2. The van der Waals surface area contributed by atoms with Crippen molar-refractivity contribution in [3.05, 3.63) is 0 Å². The summed E-state index contributed by atoms with van der Waals surface area (Å²) >= 11 is 0. The molecule has 1 saturated carbocycles. The third kappa shape index (κ3) is 3.48. The average Bonchev–Trinajstić information content (AvgIpc) is 2.39. The van der Waals surface area contributed by atoms with Crippen LogP contribution in [0.1, 0.15) is 59.3 Å². The van der Waals surface area contributed by atoms with Crippen LogP contribution >= 0.6 is 0 Å². The fraction of sp³-hybridized carbons (Fsp3) is 1.00. The van der Waals surface area contributed by atoms with Crippen LogP contribution in [-0.4, -0.2) is 36.6 Å². The summed E-state index contributed by atoms with van der Waals surface area (Å²) in [6.07, 6.45) is 8.40. The molecule has 2 unspecified atom stereocenters. The van der Waals surface area contributed by atoms with Gasteiger partial charge in [-0.1, -0.05) is 33.6 Å². The predicted octanol–water partition coefficient (Wildman–Crippen LogP) is 3.28. The molecule has 1 aliphatic carbocycles. The molecule has 2 rings (SSSR count). The number of nitrogens with one attached hydrogen (secondary N) is 1. The summed E-state index contributed by atoms with van der Waals surface area (Å²) in [5, 5.41) is 3.77. The van der Waals surface area contributed by atoms with Crippen molar-refractivity contribution in [2.24, 2.45) is 11.8 Å². The molecular formula is C16H32N2. The number of rotatable bonds is 4. The minimum Gasteiger partial charge on any atom is -0.309 e. The van der Waals surface area contributed by atoms with Gasteiger partial charge < -0.3 is 5.32 Å². The molecule has 0 aromatic carbocycles. The van der Waals surface area contributed by atoms with E-state index in [1.807, 2.05) is 0 Å². The van der Waals surface area contributed by atoms with E-state index in [0.29, 0.717) is 5.54 Å². The van der Waals surface area contributed by atoms with Gasteiger partial charge in [-0.15, -0.1) is 0 Å². The molecule has 0 amide bonds. The van der Waals surface area contributed by atoms with Crippen LogP contribution in [0.15, 0.2) is 0 Å². The lowest BCUT2D eigenvalue weighted by Gasteiger charge is -2.44. The lowest BCUT2D eigenvalue weighted by atomic mass is 9.81. The van der Waals surface area contributed by atoms with E-state index in [-0.39, 0.29) is 0 Å². The standard InChI is InChI=1S/C16H32N2/c1-4-16(5-2)13-18(10-9-17-16)12-15-8-6-7-14(3)11-15/h14-15,17H,4-13H2,1-3H3. The van der Waals surface area contributed by atoms with Gasteiger partial charge in [0.05, 0.1) is 0 Å². The van der Waals surface area contributed by atoms with E-state index >= 15 is 0 Å². The van der Waals surface area contributed by atoms with Gasteiger partial charge in [-0.25, -0.2) is 0 Å². The maximum atomic E-state index is 3.77. The van der Waals surface area contributed by atoms with Crippen LogP contribution in [0.2, 0.25) is 0 Å². The molecule has 0 aromatic heterocycles. The third-order valence-electron chi connectivity index (χ3n) is 5.37. The zero-order valence-corrected chi connectivity index (χ0v) is 12.7. The van der Waals surface area contributed by atoms with Crippen molar-refractivity contribution in [1.29, 1.82) is 0 Å². The maximum Gasteiger partial charge on any atom is 0.0304 e. The van der Waals surface area contributed by atoms with Gasteiger partial charge in [0, 0.05) is 31.7 Å². The Morgan fingerprint density at radius 1 is 1.22 bits per heavy atom. The van der Waals surface area contributed by atoms with Crippen molar-refractivity contribution in [1.82, 2.24) is 10.2 Å². The number of nitrogens with zero attached hydrogens (tertiary/aromatic N) is 1. The van der Waals surface area contributed by atoms with Crippen LogP contribution in [0.3, 0.4) is 0 Å². The molecule has 2 nitrogen and oxygen atoms in total. The second-order valence-electron chi connectivity index (χ2n) is 6.79. The van der Waals surface area contributed by atoms with Gasteiger partial charge in [0.2, 0.25) is 0 Å². The molecular weight excluding hydrogens is 220 g/mol. The second-order valence-corrected chi connectivity index (χ2v) is 6.79. The Kier molecular flexibility index (Phi) is 5.08. The fourth-order valence-corrected chi connectivity index (χ4v) is 4.01. The van der Waals surface area contributed by atoms with Gasteiger partial charge in [-0.05, 0) is 37.5 Å². The molecule has 2 atom stereocenters. The van der Waals surface area contributed by atoms with Gasteiger partial charge >= 0.3 is 0 Å². The molecule has 18 heavy (non-hydrogen) atoms. The molecule has 1 saturated heterocycles. The normalized spacial score (nSPS) is 33.5. The molecule has 2 heteroatoms. The first-order valence-electron chi connectivity index (χ1n) is 8.15. The minimum atomic E-state index is 0.401. The quantitative estimate of drug-likeness (QED) is 0.826. The van der Waals surface area contributed by atoms with Crippen LogP contribution in [0.4, 0.5) is 0 Å². The molecule has 0 aromatic rings. The summed E-state index contributed by atoms with van der Waals surface area (Å²) in [7, 11) is 0. The molecule has 1 aliphatic heterocycles. The maximum absolute atomic E-state index is 3.77. The van der Waals surface area contributed by atoms with Crippen molar-refractivity contribution < 1.29 is 0 Å². The van der Waals surface area contributed by atoms with E-state index in [1.165, 1.54) is 64.7 Å². The van der Waals surface area contributed by atoms with Gasteiger partial charge in [-0.3, -0.25) is 4.90 Å². The van der Waals surface area contributed by atoms with E-state index < -0.39 is 0 Å². The largest absolute Gasteiger partial charge is 0.309 e. The first-order valence-corrected chi connectivity index (χ1v) is 8.15. The highest BCUT2D eigenvalue weighted by atomic mass is 15.2. The van der Waals surface area contributed by atoms with Crippen LogP contribution < -0.4 is 5.32 Å². The van der Waals surface area contributed by atoms with Crippen LogP contribution in [0, 0.1) is 11.8 Å². The van der Waals surface area contributed by atoms with Crippen molar-refractivity contribution in [2.45, 2.75) is 64.8 Å². The van der Waals surface area contributed by atoms with Crippen LogP contribution in [0.5, 0.6) is 0 Å². The first-order chi connectivity index (χ1) is 8.67. The number of piperazine rings is 1. The number of hydrogen-bond donors (Lipinski definition) is 1. The zero-order valence-electron chi connectivity index (χ0n) is 12.7. The molecule has 0 radical (unpaired) electrons. The Labute approximate surface area is 114 Å². The monoisotopic (exact) mass is 252 g/mol. The van der Waals surface area contributed by atoms with Crippen molar-refractivity contribution in [3.63, 3.8) is 0 Å².